The van der Waals surface area contributed by atoms with Crippen molar-refractivity contribution in [1.82, 2.24) is 4.98 Å². The van der Waals surface area contributed by atoms with Crippen LogP contribution in [0.1, 0.15) is 17.7 Å². The van der Waals surface area contributed by atoms with E-state index in [0.717, 1.165) is 18.0 Å². The van der Waals surface area contributed by atoms with Gasteiger partial charge in [-0.3, -0.25) is 0 Å². The molecule has 0 fully saturated rings. The molecule has 0 saturated heterocycles. The Labute approximate surface area is 167 Å². The summed E-state index contributed by atoms with van der Waals surface area (Å²) in [6.45, 7) is 7.90. The van der Waals surface area contributed by atoms with E-state index in [-0.39, 0.29) is 11.5 Å². The van der Waals surface area contributed by atoms with Crippen LogP contribution in [-0.4, -0.2) is 32.0 Å². The lowest BCUT2D eigenvalue weighted by atomic mass is 10.0. The van der Waals surface area contributed by atoms with Gasteiger partial charge in [-0.25, -0.2) is 13.4 Å². The molecule has 0 aliphatic carbocycles. The lowest BCUT2D eigenvalue weighted by Crippen LogP contribution is -2.18. The number of nitrogens with zero attached hydrogens (tertiary/aromatic N) is 2. The topological polar surface area (TPSA) is 62.3 Å². The van der Waals surface area contributed by atoms with Gasteiger partial charge in [0.05, 0.1) is 23.4 Å². The zero-order valence-corrected chi connectivity index (χ0v) is 16.6. The number of anilines is 3. The molecule has 0 unspecified atom stereocenters. The molecule has 154 valence electrons. The van der Waals surface area contributed by atoms with E-state index in [1.54, 1.807) is 25.2 Å². The number of pyridine rings is 1. The lowest BCUT2D eigenvalue weighted by Gasteiger charge is -2.24. The molecule has 29 heavy (non-hydrogen) atoms. The standard InChI is InChI=1S/C20H20F3N3O2S/c1-13-12-29(27,28)9-8-14(2)26(3)18-6-4-15(10-17(13)18)25-16-5-7-19(24-11-16)20(21,22)23/h4-7,10-11,25H,1-2,8-9,12H2,3H3. The van der Waals surface area contributed by atoms with E-state index in [1.807, 2.05) is 4.90 Å². The predicted octanol–water partition coefficient (Wildman–Crippen LogP) is 4.63. The molecule has 2 aromatic rings. The zero-order valence-electron chi connectivity index (χ0n) is 15.8. The Balaban J connectivity index is 1.95. The minimum Gasteiger partial charge on any atom is -0.354 e. The molecule has 1 aliphatic heterocycles. The van der Waals surface area contributed by atoms with Crippen molar-refractivity contribution in [2.75, 3.05) is 28.8 Å². The molecule has 0 amide bonds. The largest absolute Gasteiger partial charge is 0.433 e. The number of nitrogens with one attached hydrogen (secondary N) is 1. The molecular formula is C20H20F3N3O2S. The van der Waals surface area contributed by atoms with Crippen molar-refractivity contribution in [2.45, 2.75) is 12.6 Å². The molecule has 2 heterocycles. The minimum absolute atomic E-state index is 0.00842. The number of allylic oxidation sites excluding steroid dienone is 1. The molecule has 0 bridgehead atoms. The maximum absolute atomic E-state index is 12.7. The van der Waals surface area contributed by atoms with Gasteiger partial charge in [-0.15, -0.1) is 0 Å². The summed E-state index contributed by atoms with van der Waals surface area (Å²) in [5, 5.41) is 2.99. The first-order chi connectivity index (χ1) is 13.5. The van der Waals surface area contributed by atoms with E-state index >= 15 is 0 Å². The fraction of sp³-hybridized carbons (Fsp3) is 0.250. The highest BCUT2D eigenvalue weighted by Crippen LogP contribution is 2.34. The van der Waals surface area contributed by atoms with Crippen molar-refractivity contribution in [3.8, 4) is 0 Å². The Morgan fingerprint density at radius 2 is 1.83 bits per heavy atom. The van der Waals surface area contributed by atoms with Gasteiger partial charge < -0.3 is 10.2 Å². The van der Waals surface area contributed by atoms with Crippen molar-refractivity contribution in [1.29, 1.82) is 0 Å². The van der Waals surface area contributed by atoms with Gasteiger partial charge in [0.25, 0.3) is 0 Å². The van der Waals surface area contributed by atoms with E-state index in [2.05, 4.69) is 23.5 Å². The Kier molecular flexibility index (Phi) is 5.44. The highest BCUT2D eigenvalue weighted by molar-refractivity contribution is 7.91. The van der Waals surface area contributed by atoms with Crippen molar-refractivity contribution in [3.05, 3.63) is 66.6 Å². The van der Waals surface area contributed by atoms with Crippen molar-refractivity contribution < 1.29 is 21.6 Å². The number of rotatable bonds is 2. The highest BCUT2D eigenvalue weighted by atomic mass is 32.2. The van der Waals surface area contributed by atoms with Gasteiger partial charge in [0.1, 0.15) is 5.69 Å². The third-order valence-electron chi connectivity index (χ3n) is 4.65. The van der Waals surface area contributed by atoms with Gasteiger partial charge in [-0.1, -0.05) is 13.2 Å². The first-order valence-electron chi connectivity index (χ1n) is 8.71. The molecular weight excluding hydrogens is 403 g/mol. The zero-order chi connectivity index (χ0) is 21.4. The number of aromatic nitrogens is 1. The number of hydrogen-bond donors (Lipinski definition) is 1. The van der Waals surface area contributed by atoms with Crippen LogP contribution < -0.4 is 10.2 Å². The Bertz CT molecular complexity index is 1060. The van der Waals surface area contributed by atoms with E-state index in [9.17, 15) is 21.6 Å². The second-order valence-electron chi connectivity index (χ2n) is 6.86. The number of benzene rings is 1. The normalized spacial score (nSPS) is 17.2. The van der Waals surface area contributed by atoms with Crippen LogP contribution in [0.4, 0.5) is 30.2 Å². The maximum atomic E-state index is 12.7. The number of sulfone groups is 1. The fourth-order valence-corrected chi connectivity index (χ4v) is 4.40. The van der Waals surface area contributed by atoms with Crippen LogP contribution in [0.25, 0.3) is 5.57 Å². The monoisotopic (exact) mass is 423 g/mol. The number of alkyl halides is 3. The SMILES string of the molecule is C=C1CS(=O)(=O)CCC(=C)N(C)c2ccc(Nc3ccc(C(F)(F)F)nc3)cc21. The molecule has 9 heteroatoms. The average molecular weight is 423 g/mol. The van der Waals surface area contributed by atoms with Gasteiger partial charge in [-0.05, 0) is 35.9 Å². The van der Waals surface area contributed by atoms with Crippen molar-refractivity contribution >= 4 is 32.5 Å². The first kappa shape index (κ1) is 20.9. The van der Waals surface area contributed by atoms with E-state index < -0.39 is 21.7 Å². The minimum atomic E-state index is -4.50. The van der Waals surface area contributed by atoms with Crippen LogP contribution in [0.3, 0.4) is 0 Å². The summed E-state index contributed by atoms with van der Waals surface area (Å²) in [7, 11) is -1.52. The molecule has 1 aromatic carbocycles. The molecule has 5 nitrogen and oxygen atoms in total. The number of fused-ring (bicyclic) bond motifs is 1. The lowest BCUT2D eigenvalue weighted by molar-refractivity contribution is -0.141. The molecule has 0 radical (unpaired) electrons. The van der Waals surface area contributed by atoms with Crippen LogP contribution in [-0.2, 0) is 16.0 Å². The maximum Gasteiger partial charge on any atom is 0.433 e. The molecule has 1 aliphatic rings. The van der Waals surface area contributed by atoms with Gasteiger partial charge in [0.2, 0.25) is 0 Å². The van der Waals surface area contributed by atoms with Gasteiger partial charge in [0, 0.05) is 36.1 Å². The summed E-state index contributed by atoms with van der Waals surface area (Å²) in [6.07, 6.45) is -3.09. The van der Waals surface area contributed by atoms with Gasteiger partial charge >= 0.3 is 6.18 Å². The molecule has 0 spiro atoms. The molecule has 1 aromatic heterocycles. The van der Waals surface area contributed by atoms with Crippen LogP contribution in [0, 0.1) is 0 Å². The average Bonchev–Trinajstić information content (AvgIpc) is 2.67. The quantitative estimate of drug-likeness (QED) is 0.763. The van der Waals surface area contributed by atoms with Gasteiger partial charge in [0.15, 0.2) is 9.84 Å². The predicted molar refractivity (Wildman–Crippen MR) is 109 cm³/mol. The molecule has 1 N–H and O–H groups in total. The summed E-state index contributed by atoms with van der Waals surface area (Å²) in [4.78, 5) is 5.25. The van der Waals surface area contributed by atoms with Crippen molar-refractivity contribution in [3.63, 3.8) is 0 Å². The van der Waals surface area contributed by atoms with Crippen LogP contribution >= 0.6 is 0 Å². The summed E-state index contributed by atoms with van der Waals surface area (Å²) < 4.78 is 62.6. The summed E-state index contributed by atoms with van der Waals surface area (Å²) in [6, 6.07) is 7.44. The van der Waals surface area contributed by atoms with Crippen LogP contribution in [0.2, 0.25) is 0 Å². The Morgan fingerprint density at radius 1 is 1.14 bits per heavy atom. The summed E-state index contributed by atoms with van der Waals surface area (Å²) >= 11 is 0. The molecule has 0 saturated carbocycles. The number of hydrogen-bond acceptors (Lipinski definition) is 5. The second kappa shape index (κ2) is 7.55. The third kappa shape index (κ3) is 4.79. The van der Waals surface area contributed by atoms with E-state index in [4.69, 9.17) is 0 Å². The number of halogens is 3. The van der Waals surface area contributed by atoms with Crippen LogP contribution in [0.5, 0.6) is 0 Å². The van der Waals surface area contributed by atoms with Crippen LogP contribution in [0.15, 0.2) is 55.4 Å². The summed E-state index contributed by atoms with van der Waals surface area (Å²) in [5.74, 6) is -0.183. The Hall–Kier alpha value is -2.81. The van der Waals surface area contributed by atoms with E-state index in [0.29, 0.717) is 34.6 Å². The highest BCUT2D eigenvalue weighted by Gasteiger charge is 2.32. The smallest absolute Gasteiger partial charge is 0.354 e. The first-order valence-corrected chi connectivity index (χ1v) is 10.5. The van der Waals surface area contributed by atoms with Crippen molar-refractivity contribution in [2.24, 2.45) is 0 Å². The van der Waals surface area contributed by atoms with E-state index in [1.165, 1.54) is 6.07 Å². The third-order valence-corrected chi connectivity index (χ3v) is 6.27. The summed E-state index contributed by atoms with van der Waals surface area (Å²) in [5.41, 5.74) is 2.46. The molecule has 0 atom stereocenters. The fourth-order valence-electron chi connectivity index (χ4n) is 3.02. The van der Waals surface area contributed by atoms with Gasteiger partial charge in [-0.2, -0.15) is 13.2 Å². The molecule has 3 rings (SSSR count). The Morgan fingerprint density at radius 3 is 2.45 bits per heavy atom. The second-order valence-corrected chi connectivity index (χ2v) is 9.04.